The molecule has 0 bridgehead atoms. The maximum absolute atomic E-state index is 4.61. The quantitative estimate of drug-likeness (QED) is 0.918. The lowest BCUT2D eigenvalue weighted by Gasteiger charge is -2.36. The summed E-state index contributed by atoms with van der Waals surface area (Å²) in [5, 5.41) is 3.75. The fourth-order valence-corrected chi connectivity index (χ4v) is 3.33. The van der Waals surface area contributed by atoms with E-state index < -0.39 is 0 Å². The number of hydrogen-bond acceptors (Lipinski definition) is 4. The zero-order valence-corrected chi connectivity index (χ0v) is 12.7. The van der Waals surface area contributed by atoms with Gasteiger partial charge in [0.1, 0.15) is 0 Å². The van der Waals surface area contributed by atoms with Crippen molar-refractivity contribution in [3.05, 3.63) is 18.3 Å². The maximum atomic E-state index is 4.61. The summed E-state index contributed by atoms with van der Waals surface area (Å²) >= 11 is 0. The fourth-order valence-electron chi connectivity index (χ4n) is 3.33. The van der Waals surface area contributed by atoms with Crippen LogP contribution in [0.2, 0.25) is 0 Å². The van der Waals surface area contributed by atoms with Gasteiger partial charge in [-0.3, -0.25) is 0 Å². The van der Waals surface area contributed by atoms with Crippen LogP contribution in [-0.4, -0.2) is 48.6 Å². The van der Waals surface area contributed by atoms with Gasteiger partial charge in [-0.2, -0.15) is 0 Å². The summed E-state index contributed by atoms with van der Waals surface area (Å²) in [6.45, 7) is 5.79. The summed E-state index contributed by atoms with van der Waals surface area (Å²) in [4.78, 5) is 9.48. The minimum atomic E-state index is 0.576. The second kappa shape index (κ2) is 6.00. The first-order valence-electron chi connectivity index (χ1n) is 7.91. The summed E-state index contributed by atoms with van der Waals surface area (Å²) in [5.74, 6) is 1.15. The molecular weight excluding hydrogens is 248 g/mol. The number of pyridine rings is 1. The molecule has 1 N–H and O–H groups in total. The van der Waals surface area contributed by atoms with Crippen LogP contribution in [-0.2, 0) is 0 Å². The Balaban J connectivity index is 1.71. The normalized spacial score (nSPS) is 27.8. The maximum Gasteiger partial charge on any atom is 0.151 e. The van der Waals surface area contributed by atoms with E-state index in [1.165, 1.54) is 37.9 Å². The predicted octanol–water partition coefficient (Wildman–Crippen LogP) is 2.58. The first kappa shape index (κ1) is 13.7. The third-order valence-corrected chi connectivity index (χ3v) is 4.76. The smallest absolute Gasteiger partial charge is 0.151 e. The average Bonchev–Trinajstić information content (AvgIpc) is 2.97. The first-order valence-corrected chi connectivity index (χ1v) is 7.91. The molecule has 4 nitrogen and oxygen atoms in total. The van der Waals surface area contributed by atoms with Gasteiger partial charge in [-0.25, -0.2) is 4.98 Å². The van der Waals surface area contributed by atoms with Gasteiger partial charge < -0.3 is 15.1 Å². The molecule has 2 aliphatic rings. The minimum absolute atomic E-state index is 0.576. The highest BCUT2D eigenvalue weighted by Crippen LogP contribution is 2.28. The topological polar surface area (TPSA) is 31.4 Å². The average molecular weight is 274 g/mol. The number of nitrogens with zero attached hydrogens (tertiary/aromatic N) is 3. The predicted molar refractivity (Wildman–Crippen MR) is 84.4 cm³/mol. The Labute approximate surface area is 122 Å². The van der Waals surface area contributed by atoms with Crippen molar-refractivity contribution in [1.29, 1.82) is 0 Å². The second-order valence-corrected chi connectivity index (χ2v) is 6.26. The van der Waals surface area contributed by atoms with E-state index in [0.29, 0.717) is 12.1 Å². The van der Waals surface area contributed by atoms with E-state index in [1.807, 2.05) is 12.3 Å². The fraction of sp³-hybridized carbons (Fsp3) is 0.688. The Kier molecular flexibility index (Phi) is 4.10. The molecular formula is C16H26N4. The van der Waals surface area contributed by atoms with E-state index in [1.54, 1.807) is 0 Å². The van der Waals surface area contributed by atoms with E-state index in [4.69, 9.17) is 0 Å². The molecule has 2 saturated heterocycles. The molecule has 2 fully saturated rings. The summed E-state index contributed by atoms with van der Waals surface area (Å²) in [6.07, 6.45) is 6.93. The number of likely N-dealkylation sites (tertiary alicyclic amines) is 1. The highest BCUT2D eigenvalue weighted by Gasteiger charge is 2.24. The van der Waals surface area contributed by atoms with Crippen molar-refractivity contribution in [2.75, 3.05) is 36.9 Å². The molecule has 3 rings (SSSR count). The lowest BCUT2D eigenvalue weighted by molar-refractivity contribution is 0.190. The Morgan fingerprint density at radius 3 is 2.80 bits per heavy atom. The third kappa shape index (κ3) is 2.90. The SMILES string of the molecule is CC1CC(Nc2cccnc2N2CCCC2)CCN1C. The van der Waals surface area contributed by atoms with Gasteiger partial charge in [-0.05, 0) is 51.8 Å². The van der Waals surface area contributed by atoms with Crippen molar-refractivity contribution in [2.24, 2.45) is 0 Å². The number of hydrogen-bond donors (Lipinski definition) is 1. The van der Waals surface area contributed by atoms with Crippen LogP contribution in [0, 0.1) is 0 Å². The van der Waals surface area contributed by atoms with Crippen LogP contribution in [0.4, 0.5) is 11.5 Å². The molecule has 4 heteroatoms. The number of anilines is 2. The van der Waals surface area contributed by atoms with Gasteiger partial charge in [-0.15, -0.1) is 0 Å². The van der Waals surface area contributed by atoms with Crippen molar-refractivity contribution >= 4 is 11.5 Å². The van der Waals surface area contributed by atoms with Gasteiger partial charge in [-0.1, -0.05) is 0 Å². The molecule has 0 amide bonds. The molecule has 0 spiro atoms. The Bertz CT molecular complexity index is 442. The highest BCUT2D eigenvalue weighted by atomic mass is 15.2. The number of rotatable bonds is 3. The Hall–Kier alpha value is -1.29. The molecule has 110 valence electrons. The zero-order valence-electron chi connectivity index (χ0n) is 12.7. The van der Waals surface area contributed by atoms with Crippen LogP contribution >= 0.6 is 0 Å². The molecule has 0 aliphatic carbocycles. The monoisotopic (exact) mass is 274 g/mol. The van der Waals surface area contributed by atoms with E-state index in [9.17, 15) is 0 Å². The van der Waals surface area contributed by atoms with Crippen LogP contribution in [0.1, 0.15) is 32.6 Å². The van der Waals surface area contributed by atoms with Crippen molar-refractivity contribution in [3.8, 4) is 0 Å². The second-order valence-electron chi connectivity index (χ2n) is 6.26. The molecule has 0 aromatic carbocycles. The largest absolute Gasteiger partial charge is 0.379 e. The number of nitrogens with one attached hydrogen (secondary N) is 1. The summed E-state index contributed by atoms with van der Waals surface area (Å²) < 4.78 is 0. The Morgan fingerprint density at radius 2 is 2.05 bits per heavy atom. The third-order valence-electron chi connectivity index (χ3n) is 4.76. The van der Waals surface area contributed by atoms with Crippen LogP contribution in [0.25, 0.3) is 0 Å². The molecule has 0 radical (unpaired) electrons. The summed E-state index contributed by atoms with van der Waals surface area (Å²) in [5.41, 5.74) is 1.22. The van der Waals surface area contributed by atoms with Crippen LogP contribution in [0.15, 0.2) is 18.3 Å². The van der Waals surface area contributed by atoms with Crippen molar-refractivity contribution in [1.82, 2.24) is 9.88 Å². The molecule has 2 aliphatic heterocycles. The number of piperidine rings is 1. The van der Waals surface area contributed by atoms with Gasteiger partial charge in [0.05, 0.1) is 5.69 Å². The Morgan fingerprint density at radius 1 is 1.25 bits per heavy atom. The lowest BCUT2D eigenvalue weighted by Crippen LogP contribution is -2.42. The van der Waals surface area contributed by atoms with Gasteiger partial charge >= 0.3 is 0 Å². The highest BCUT2D eigenvalue weighted by molar-refractivity contribution is 5.66. The molecule has 20 heavy (non-hydrogen) atoms. The van der Waals surface area contributed by atoms with Crippen LogP contribution < -0.4 is 10.2 Å². The number of aromatic nitrogens is 1. The molecule has 1 aromatic rings. The van der Waals surface area contributed by atoms with Crippen LogP contribution in [0.5, 0.6) is 0 Å². The van der Waals surface area contributed by atoms with Gasteiger partial charge in [0.25, 0.3) is 0 Å². The van der Waals surface area contributed by atoms with E-state index in [0.717, 1.165) is 18.9 Å². The van der Waals surface area contributed by atoms with E-state index >= 15 is 0 Å². The molecule has 3 heterocycles. The van der Waals surface area contributed by atoms with Crippen molar-refractivity contribution in [3.63, 3.8) is 0 Å². The molecule has 0 saturated carbocycles. The van der Waals surface area contributed by atoms with Gasteiger partial charge in [0.15, 0.2) is 5.82 Å². The first-order chi connectivity index (χ1) is 9.74. The van der Waals surface area contributed by atoms with Crippen molar-refractivity contribution < 1.29 is 0 Å². The summed E-state index contributed by atoms with van der Waals surface area (Å²) in [7, 11) is 2.22. The molecule has 2 unspecified atom stereocenters. The van der Waals surface area contributed by atoms with E-state index in [-0.39, 0.29) is 0 Å². The standard InChI is InChI=1S/C16H26N4/c1-13-12-14(7-11-19(13)2)18-15-6-5-8-17-16(15)20-9-3-4-10-20/h5-6,8,13-14,18H,3-4,7,9-12H2,1-2H3. The molecule has 2 atom stereocenters. The summed E-state index contributed by atoms with van der Waals surface area (Å²) in [6, 6.07) is 5.46. The molecule has 1 aromatic heterocycles. The van der Waals surface area contributed by atoms with Crippen LogP contribution in [0.3, 0.4) is 0 Å². The van der Waals surface area contributed by atoms with Gasteiger partial charge in [0, 0.05) is 37.9 Å². The zero-order chi connectivity index (χ0) is 13.9. The lowest BCUT2D eigenvalue weighted by atomic mass is 9.99. The van der Waals surface area contributed by atoms with Crippen molar-refractivity contribution in [2.45, 2.75) is 44.7 Å². The van der Waals surface area contributed by atoms with Gasteiger partial charge in [0.2, 0.25) is 0 Å². The van der Waals surface area contributed by atoms with E-state index in [2.05, 4.69) is 40.1 Å². The minimum Gasteiger partial charge on any atom is -0.379 e.